The Kier molecular flexibility index (Phi) is 6.72. The third-order valence-electron chi connectivity index (χ3n) is 6.48. The number of carbonyl (C=O) groups is 2. The number of imidazole rings is 1. The van der Waals surface area contributed by atoms with E-state index < -0.39 is 17.7 Å². The van der Waals surface area contributed by atoms with E-state index in [4.69, 9.17) is 4.74 Å². The van der Waals surface area contributed by atoms with Crippen molar-refractivity contribution in [2.24, 2.45) is 0 Å². The first-order valence-corrected chi connectivity index (χ1v) is 12.3. The lowest BCUT2D eigenvalue weighted by atomic mass is 9.96. The topological polar surface area (TPSA) is 97.0 Å². The number of aromatic nitrogens is 3. The molecule has 0 saturated carbocycles. The Balaban J connectivity index is 1.66. The Morgan fingerprint density at radius 3 is 2.76 bits per heavy atom. The van der Waals surface area contributed by atoms with E-state index in [2.05, 4.69) is 16.9 Å². The summed E-state index contributed by atoms with van der Waals surface area (Å²) in [7, 11) is 0. The normalized spacial score (nSPS) is 17.0. The number of fused-ring (bicyclic) bond motifs is 1. The minimum atomic E-state index is -0.816. The van der Waals surface area contributed by atoms with E-state index in [1.54, 1.807) is 36.0 Å². The molecule has 1 atom stereocenters. The molecule has 1 aliphatic heterocycles. The molecule has 1 unspecified atom stereocenters. The van der Waals surface area contributed by atoms with Crippen molar-refractivity contribution in [3.05, 3.63) is 101 Å². The van der Waals surface area contributed by atoms with Gasteiger partial charge in [-0.05, 0) is 54.8 Å². The quantitative estimate of drug-likeness (QED) is 0.162. The molecule has 0 spiro atoms. The number of aliphatic hydroxyl groups is 1. The van der Waals surface area contributed by atoms with Crippen LogP contribution < -0.4 is 4.74 Å². The van der Waals surface area contributed by atoms with Gasteiger partial charge in [0.25, 0.3) is 11.7 Å². The van der Waals surface area contributed by atoms with Crippen molar-refractivity contribution in [3.63, 3.8) is 0 Å². The summed E-state index contributed by atoms with van der Waals surface area (Å²) in [6.07, 6.45) is 7.00. The molecule has 1 N–H and O–H groups in total. The van der Waals surface area contributed by atoms with Crippen LogP contribution in [0.15, 0.2) is 78.8 Å². The molecule has 0 aliphatic carbocycles. The minimum absolute atomic E-state index is 0.0216. The highest BCUT2D eigenvalue weighted by atomic mass is 16.5. The number of likely N-dealkylation sites (tertiary alicyclic amines) is 1. The predicted molar refractivity (Wildman–Crippen MR) is 139 cm³/mol. The molecule has 188 valence electrons. The fourth-order valence-corrected chi connectivity index (χ4v) is 4.71. The lowest BCUT2D eigenvalue weighted by molar-refractivity contribution is -0.140. The maximum absolute atomic E-state index is 13.5. The van der Waals surface area contributed by atoms with Crippen molar-refractivity contribution in [2.75, 3.05) is 6.61 Å². The number of unbranched alkanes of at least 4 members (excludes halogenated alkanes) is 1. The molecule has 1 amide bonds. The first kappa shape index (κ1) is 24.2. The fraction of sp³-hybridized carbons (Fsp3) is 0.241. The summed E-state index contributed by atoms with van der Waals surface area (Å²) in [5, 5.41) is 11.6. The molecular formula is C29H28N4O4. The minimum Gasteiger partial charge on any atom is -0.505 e. The average molecular weight is 497 g/mol. The first-order valence-electron chi connectivity index (χ1n) is 12.3. The molecule has 5 rings (SSSR count). The SMILES string of the molecule is CCCCOc1cccc(C2/C(=C(\O)c3c(C)nc4ccccn34)C(=O)C(=O)N2Cc2cccnc2)c1. The van der Waals surface area contributed by atoms with Crippen LogP contribution >= 0.6 is 0 Å². The van der Waals surface area contributed by atoms with Gasteiger partial charge in [-0.25, -0.2) is 4.98 Å². The van der Waals surface area contributed by atoms with Gasteiger partial charge in [0, 0.05) is 25.1 Å². The number of ether oxygens (including phenoxy) is 1. The van der Waals surface area contributed by atoms with Gasteiger partial charge in [0.05, 0.1) is 23.9 Å². The summed E-state index contributed by atoms with van der Waals surface area (Å²) in [6, 6.07) is 15.7. The largest absolute Gasteiger partial charge is 0.505 e. The molecule has 8 heteroatoms. The molecule has 3 aromatic heterocycles. The molecule has 0 bridgehead atoms. The third kappa shape index (κ3) is 4.58. The summed E-state index contributed by atoms with van der Waals surface area (Å²) in [5.41, 5.74) is 3.04. The second-order valence-electron chi connectivity index (χ2n) is 9.04. The second kappa shape index (κ2) is 10.3. The highest BCUT2D eigenvalue weighted by Crippen LogP contribution is 2.41. The zero-order valence-electron chi connectivity index (χ0n) is 20.8. The van der Waals surface area contributed by atoms with Crippen LogP contribution in [0.25, 0.3) is 11.4 Å². The van der Waals surface area contributed by atoms with E-state index in [-0.39, 0.29) is 17.9 Å². The van der Waals surface area contributed by atoms with E-state index >= 15 is 0 Å². The zero-order chi connectivity index (χ0) is 25.9. The van der Waals surface area contributed by atoms with Gasteiger partial charge in [-0.15, -0.1) is 0 Å². The van der Waals surface area contributed by atoms with E-state index in [0.29, 0.717) is 35.0 Å². The van der Waals surface area contributed by atoms with Gasteiger partial charge in [0.2, 0.25) is 0 Å². The van der Waals surface area contributed by atoms with Crippen LogP contribution in [0.2, 0.25) is 0 Å². The number of amides is 1. The molecule has 1 saturated heterocycles. The molecule has 4 aromatic rings. The van der Waals surface area contributed by atoms with Crippen molar-refractivity contribution in [3.8, 4) is 5.75 Å². The molecule has 1 aromatic carbocycles. The second-order valence-corrected chi connectivity index (χ2v) is 9.04. The van der Waals surface area contributed by atoms with E-state index in [0.717, 1.165) is 18.4 Å². The monoisotopic (exact) mass is 496 g/mol. The highest BCUT2D eigenvalue weighted by molar-refractivity contribution is 6.46. The summed E-state index contributed by atoms with van der Waals surface area (Å²) >= 11 is 0. The zero-order valence-corrected chi connectivity index (χ0v) is 20.8. The number of hydrogen-bond acceptors (Lipinski definition) is 6. The molecule has 1 aliphatic rings. The molecular weight excluding hydrogens is 468 g/mol. The number of aliphatic hydroxyl groups excluding tert-OH is 1. The number of Topliss-reactive ketones (excluding diaryl/α,β-unsaturated/α-hetero) is 1. The molecule has 1 fully saturated rings. The Labute approximate surface area is 214 Å². The van der Waals surface area contributed by atoms with Gasteiger partial charge in [0.15, 0.2) is 5.76 Å². The van der Waals surface area contributed by atoms with Crippen LogP contribution in [0.5, 0.6) is 5.75 Å². The van der Waals surface area contributed by atoms with Crippen LogP contribution in [0.4, 0.5) is 0 Å². The number of carbonyl (C=O) groups excluding carboxylic acids is 2. The Hall–Kier alpha value is -4.46. The van der Waals surface area contributed by atoms with Crippen LogP contribution in [0.1, 0.15) is 48.3 Å². The summed E-state index contributed by atoms with van der Waals surface area (Å²) < 4.78 is 7.63. The maximum atomic E-state index is 13.5. The average Bonchev–Trinajstić information content (AvgIpc) is 3.37. The number of nitrogens with zero attached hydrogens (tertiary/aromatic N) is 4. The predicted octanol–water partition coefficient (Wildman–Crippen LogP) is 4.84. The number of hydrogen-bond donors (Lipinski definition) is 1. The molecule has 37 heavy (non-hydrogen) atoms. The molecule has 4 heterocycles. The van der Waals surface area contributed by atoms with Gasteiger partial charge in [-0.3, -0.25) is 19.0 Å². The fourth-order valence-electron chi connectivity index (χ4n) is 4.71. The van der Waals surface area contributed by atoms with E-state index in [9.17, 15) is 14.7 Å². The number of rotatable bonds is 8. The summed E-state index contributed by atoms with van der Waals surface area (Å²) in [5.74, 6) is -1.04. The number of benzene rings is 1. The molecule has 0 radical (unpaired) electrons. The summed E-state index contributed by atoms with van der Waals surface area (Å²) in [6.45, 7) is 4.59. The number of ketones is 1. The first-order chi connectivity index (χ1) is 18.0. The number of aryl methyl sites for hydroxylation is 1. The Bertz CT molecular complexity index is 1490. The molecule has 8 nitrogen and oxygen atoms in total. The van der Waals surface area contributed by atoms with Crippen LogP contribution in [-0.2, 0) is 16.1 Å². The van der Waals surface area contributed by atoms with Gasteiger partial charge in [-0.2, -0.15) is 0 Å². The van der Waals surface area contributed by atoms with Gasteiger partial charge >= 0.3 is 0 Å². The van der Waals surface area contributed by atoms with Crippen LogP contribution in [0, 0.1) is 6.92 Å². The third-order valence-corrected chi connectivity index (χ3v) is 6.48. The summed E-state index contributed by atoms with van der Waals surface area (Å²) in [4.78, 5) is 37.0. The van der Waals surface area contributed by atoms with Crippen molar-refractivity contribution >= 4 is 23.1 Å². The van der Waals surface area contributed by atoms with E-state index in [1.807, 2.05) is 48.5 Å². The smallest absolute Gasteiger partial charge is 0.295 e. The van der Waals surface area contributed by atoms with Crippen LogP contribution in [0.3, 0.4) is 0 Å². The van der Waals surface area contributed by atoms with Crippen molar-refractivity contribution < 1.29 is 19.4 Å². The van der Waals surface area contributed by atoms with Crippen molar-refractivity contribution in [1.29, 1.82) is 0 Å². The number of pyridine rings is 2. The van der Waals surface area contributed by atoms with Gasteiger partial charge in [-0.1, -0.05) is 37.6 Å². The maximum Gasteiger partial charge on any atom is 0.295 e. The Morgan fingerprint density at radius 1 is 1.11 bits per heavy atom. The van der Waals surface area contributed by atoms with Crippen molar-refractivity contribution in [1.82, 2.24) is 19.3 Å². The van der Waals surface area contributed by atoms with Gasteiger partial charge in [0.1, 0.15) is 17.1 Å². The van der Waals surface area contributed by atoms with Gasteiger partial charge < -0.3 is 14.7 Å². The lowest BCUT2D eigenvalue weighted by Crippen LogP contribution is -2.29. The highest BCUT2D eigenvalue weighted by Gasteiger charge is 2.46. The Morgan fingerprint density at radius 2 is 1.97 bits per heavy atom. The van der Waals surface area contributed by atoms with Crippen LogP contribution in [-0.4, -0.2) is 42.7 Å². The van der Waals surface area contributed by atoms with E-state index in [1.165, 1.54) is 4.90 Å². The standard InChI is InChI=1S/C29H28N4O4/c1-3-4-15-37-22-11-7-10-21(16-22)26-24(27(34)25-19(2)31-23-12-5-6-14-32(23)25)28(35)29(36)33(26)18-20-9-8-13-30-17-20/h5-14,16-17,26,34H,3-4,15,18H2,1-2H3/b27-24+. The lowest BCUT2D eigenvalue weighted by Gasteiger charge is -2.25. The van der Waals surface area contributed by atoms with Crippen molar-refractivity contribution in [2.45, 2.75) is 39.3 Å².